The molecule has 2 heterocycles. The van der Waals surface area contributed by atoms with Gasteiger partial charge in [-0.15, -0.1) is 0 Å². The Balaban J connectivity index is 1.62. The number of carbonyl (C=O) groups excluding carboxylic acids is 1. The van der Waals surface area contributed by atoms with Crippen molar-refractivity contribution in [2.75, 3.05) is 12.1 Å². The van der Waals surface area contributed by atoms with E-state index in [-0.39, 0.29) is 18.6 Å². The highest BCUT2D eigenvalue weighted by atomic mass is 16.7. The normalized spacial score (nSPS) is 18.9. The summed E-state index contributed by atoms with van der Waals surface area (Å²) < 4.78 is 10.6. The van der Waals surface area contributed by atoms with Crippen molar-refractivity contribution in [2.45, 2.75) is 5.92 Å². The number of hydrogen-bond donors (Lipinski definition) is 1. The van der Waals surface area contributed by atoms with Crippen molar-refractivity contribution >= 4 is 17.7 Å². The molecule has 4 nitrogen and oxygen atoms in total. The van der Waals surface area contributed by atoms with E-state index in [1.54, 1.807) is 0 Å². The van der Waals surface area contributed by atoms with Crippen LogP contribution in [0.25, 0.3) is 6.08 Å². The van der Waals surface area contributed by atoms with Crippen LogP contribution in [0.5, 0.6) is 11.5 Å². The molecule has 0 aromatic heterocycles. The van der Waals surface area contributed by atoms with E-state index in [4.69, 9.17) is 9.47 Å². The molecule has 2 aliphatic heterocycles. The largest absolute Gasteiger partial charge is 0.454 e. The Morgan fingerprint density at radius 2 is 1.95 bits per heavy atom. The van der Waals surface area contributed by atoms with Crippen molar-refractivity contribution < 1.29 is 14.3 Å². The van der Waals surface area contributed by atoms with Gasteiger partial charge in [0.05, 0.1) is 5.92 Å². The SMILES string of the molecule is O=C1Nc2ccccc2C1C=Cc1ccc2c(c1)OCO2. The van der Waals surface area contributed by atoms with E-state index >= 15 is 0 Å². The number of para-hydroxylation sites is 1. The number of carbonyl (C=O) groups is 1. The first kappa shape index (κ1) is 12.0. The number of amides is 1. The first-order valence-electron chi connectivity index (χ1n) is 6.79. The zero-order valence-electron chi connectivity index (χ0n) is 11.2. The number of benzene rings is 2. The molecule has 0 aliphatic carbocycles. The molecule has 1 N–H and O–H groups in total. The highest BCUT2D eigenvalue weighted by Crippen LogP contribution is 2.35. The Morgan fingerprint density at radius 1 is 1.10 bits per heavy atom. The molecule has 104 valence electrons. The average Bonchev–Trinajstić information content (AvgIpc) is 3.08. The van der Waals surface area contributed by atoms with Gasteiger partial charge in [-0.05, 0) is 29.3 Å². The Morgan fingerprint density at radius 3 is 2.90 bits per heavy atom. The molecule has 4 rings (SSSR count). The van der Waals surface area contributed by atoms with E-state index in [9.17, 15) is 4.79 Å². The predicted octanol–water partition coefficient (Wildman–Crippen LogP) is 3.16. The topological polar surface area (TPSA) is 47.6 Å². The molecule has 2 aliphatic rings. The van der Waals surface area contributed by atoms with Crippen molar-refractivity contribution in [3.63, 3.8) is 0 Å². The second kappa shape index (κ2) is 4.66. The highest BCUT2D eigenvalue weighted by molar-refractivity contribution is 6.04. The molecule has 0 fully saturated rings. The van der Waals surface area contributed by atoms with Gasteiger partial charge in [0.25, 0.3) is 0 Å². The zero-order valence-corrected chi connectivity index (χ0v) is 11.2. The lowest BCUT2D eigenvalue weighted by molar-refractivity contribution is -0.116. The molecule has 21 heavy (non-hydrogen) atoms. The molecule has 2 aromatic rings. The molecule has 0 saturated carbocycles. The van der Waals surface area contributed by atoms with Crippen LogP contribution in [-0.4, -0.2) is 12.7 Å². The fourth-order valence-electron chi connectivity index (χ4n) is 2.65. The molecule has 4 heteroatoms. The van der Waals surface area contributed by atoms with Crippen LogP contribution in [0.1, 0.15) is 17.0 Å². The fraction of sp³-hybridized carbons (Fsp3) is 0.118. The van der Waals surface area contributed by atoms with Gasteiger partial charge in [-0.1, -0.05) is 36.4 Å². The summed E-state index contributed by atoms with van der Waals surface area (Å²) in [5.41, 5.74) is 2.89. The van der Waals surface area contributed by atoms with Gasteiger partial charge in [-0.25, -0.2) is 0 Å². The molecular formula is C17H13NO3. The number of hydrogen-bond acceptors (Lipinski definition) is 3. The van der Waals surface area contributed by atoms with E-state index in [0.717, 1.165) is 28.3 Å². The first-order valence-corrected chi connectivity index (χ1v) is 6.79. The zero-order chi connectivity index (χ0) is 14.2. The summed E-state index contributed by atoms with van der Waals surface area (Å²) in [4.78, 5) is 12.0. The van der Waals surface area contributed by atoms with Gasteiger partial charge >= 0.3 is 0 Å². The minimum Gasteiger partial charge on any atom is -0.454 e. The van der Waals surface area contributed by atoms with Gasteiger partial charge in [0.1, 0.15) is 0 Å². The van der Waals surface area contributed by atoms with E-state index in [1.165, 1.54) is 0 Å². The van der Waals surface area contributed by atoms with E-state index in [0.29, 0.717) is 0 Å². The van der Waals surface area contributed by atoms with Crippen molar-refractivity contribution in [3.05, 3.63) is 59.7 Å². The summed E-state index contributed by atoms with van der Waals surface area (Å²) in [5.74, 6) is 1.27. The summed E-state index contributed by atoms with van der Waals surface area (Å²) in [6.07, 6.45) is 3.85. The van der Waals surface area contributed by atoms with Crippen molar-refractivity contribution in [3.8, 4) is 11.5 Å². The van der Waals surface area contributed by atoms with Crippen LogP contribution >= 0.6 is 0 Å². The van der Waals surface area contributed by atoms with Gasteiger partial charge in [0.2, 0.25) is 12.7 Å². The standard InChI is InChI=1S/C17H13NO3/c19-17-13(12-3-1-2-4-14(12)18-17)7-5-11-6-8-15-16(9-11)21-10-20-15/h1-9,13H,10H2,(H,18,19). The molecule has 1 unspecified atom stereocenters. The monoisotopic (exact) mass is 279 g/mol. The number of ether oxygens (including phenoxy) is 2. The van der Waals surface area contributed by atoms with Crippen molar-refractivity contribution in [1.82, 2.24) is 0 Å². The summed E-state index contributed by atoms with van der Waals surface area (Å²) in [6.45, 7) is 0.265. The quantitative estimate of drug-likeness (QED) is 0.918. The average molecular weight is 279 g/mol. The van der Waals surface area contributed by atoms with E-state index in [1.807, 2.05) is 54.6 Å². The first-order chi connectivity index (χ1) is 10.3. The maximum atomic E-state index is 12.0. The van der Waals surface area contributed by atoms with E-state index in [2.05, 4.69) is 5.32 Å². The molecule has 0 spiro atoms. The van der Waals surface area contributed by atoms with Gasteiger partial charge < -0.3 is 14.8 Å². The maximum absolute atomic E-state index is 12.0. The Bertz CT molecular complexity index is 751. The van der Waals surface area contributed by atoms with Crippen LogP contribution in [-0.2, 0) is 4.79 Å². The summed E-state index contributed by atoms with van der Waals surface area (Å²) in [6, 6.07) is 13.5. The van der Waals surface area contributed by atoms with Gasteiger partial charge in [-0.3, -0.25) is 4.79 Å². The van der Waals surface area contributed by atoms with E-state index < -0.39 is 0 Å². The summed E-state index contributed by atoms with van der Waals surface area (Å²) >= 11 is 0. The Kier molecular flexibility index (Phi) is 2.67. The third kappa shape index (κ3) is 2.05. The van der Waals surface area contributed by atoms with Gasteiger partial charge in [0, 0.05) is 5.69 Å². The molecular weight excluding hydrogens is 266 g/mol. The van der Waals surface area contributed by atoms with Crippen molar-refractivity contribution in [2.24, 2.45) is 0 Å². The lowest BCUT2D eigenvalue weighted by Gasteiger charge is -2.02. The summed E-state index contributed by atoms with van der Waals surface area (Å²) in [7, 11) is 0. The molecule has 1 atom stereocenters. The maximum Gasteiger partial charge on any atom is 0.235 e. The number of rotatable bonds is 2. The number of anilines is 1. The lowest BCUT2D eigenvalue weighted by Crippen LogP contribution is -2.09. The second-order valence-corrected chi connectivity index (χ2v) is 5.03. The van der Waals surface area contributed by atoms with Crippen LogP contribution in [0.3, 0.4) is 0 Å². The highest BCUT2D eigenvalue weighted by Gasteiger charge is 2.27. The molecule has 0 radical (unpaired) electrons. The summed E-state index contributed by atoms with van der Waals surface area (Å²) in [5, 5.41) is 2.89. The van der Waals surface area contributed by atoms with Crippen molar-refractivity contribution in [1.29, 1.82) is 0 Å². The molecule has 0 bridgehead atoms. The van der Waals surface area contributed by atoms with Crippen LogP contribution in [0.2, 0.25) is 0 Å². The van der Waals surface area contributed by atoms with Gasteiger partial charge in [0.15, 0.2) is 11.5 Å². The number of nitrogens with one attached hydrogen (secondary N) is 1. The third-order valence-corrected chi connectivity index (χ3v) is 3.71. The van der Waals surface area contributed by atoms with Crippen LogP contribution < -0.4 is 14.8 Å². The predicted molar refractivity (Wildman–Crippen MR) is 79.4 cm³/mol. The number of fused-ring (bicyclic) bond motifs is 2. The smallest absolute Gasteiger partial charge is 0.235 e. The van der Waals surface area contributed by atoms with Gasteiger partial charge in [-0.2, -0.15) is 0 Å². The van der Waals surface area contributed by atoms with Crippen LogP contribution in [0.15, 0.2) is 48.5 Å². The lowest BCUT2D eigenvalue weighted by atomic mass is 9.99. The molecule has 2 aromatic carbocycles. The minimum absolute atomic E-state index is 0.00759. The fourth-order valence-corrected chi connectivity index (χ4v) is 2.65. The van der Waals surface area contributed by atoms with Crippen LogP contribution in [0.4, 0.5) is 5.69 Å². The third-order valence-electron chi connectivity index (χ3n) is 3.71. The molecule has 0 saturated heterocycles. The molecule has 1 amide bonds. The van der Waals surface area contributed by atoms with Crippen LogP contribution in [0, 0.1) is 0 Å². The Hall–Kier alpha value is -2.75. The minimum atomic E-state index is -0.244. The Labute approximate surface area is 122 Å². The second-order valence-electron chi connectivity index (χ2n) is 5.03.